The van der Waals surface area contributed by atoms with Crippen molar-refractivity contribution in [2.75, 3.05) is 26.2 Å². The third-order valence-corrected chi connectivity index (χ3v) is 3.62. The van der Waals surface area contributed by atoms with Crippen molar-refractivity contribution in [1.82, 2.24) is 9.80 Å². The number of carbonyl (C=O) groups excluding carboxylic acids is 2. The lowest BCUT2D eigenvalue weighted by atomic mass is 10.1. The Morgan fingerprint density at radius 1 is 1.28 bits per heavy atom. The van der Waals surface area contributed by atoms with Crippen molar-refractivity contribution in [3.8, 4) is 0 Å². The number of likely N-dealkylation sites (tertiary alicyclic amines) is 2. The van der Waals surface area contributed by atoms with E-state index in [2.05, 4.69) is 0 Å². The molecular weight excluding hydrogens is 236 g/mol. The van der Waals surface area contributed by atoms with Gasteiger partial charge in [-0.25, -0.2) is 0 Å². The molecule has 0 saturated carbocycles. The van der Waals surface area contributed by atoms with Gasteiger partial charge in [-0.2, -0.15) is 0 Å². The molecule has 0 spiro atoms. The van der Waals surface area contributed by atoms with Crippen LogP contribution in [0.4, 0.5) is 0 Å². The van der Waals surface area contributed by atoms with Crippen molar-refractivity contribution in [2.45, 2.75) is 25.7 Å². The van der Waals surface area contributed by atoms with Gasteiger partial charge in [0.2, 0.25) is 11.8 Å². The van der Waals surface area contributed by atoms with Gasteiger partial charge in [-0.05, 0) is 12.8 Å². The molecule has 0 aromatic rings. The Kier molecular flexibility index (Phi) is 3.84. The van der Waals surface area contributed by atoms with E-state index in [1.54, 1.807) is 0 Å². The topological polar surface area (TPSA) is 77.9 Å². The van der Waals surface area contributed by atoms with Gasteiger partial charge < -0.3 is 14.9 Å². The van der Waals surface area contributed by atoms with Gasteiger partial charge in [0.15, 0.2) is 0 Å². The van der Waals surface area contributed by atoms with Crippen molar-refractivity contribution >= 4 is 17.8 Å². The Labute approximate surface area is 106 Å². The summed E-state index contributed by atoms with van der Waals surface area (Å²) in [5.41, 5.74) is 0. The number of carbonyl (C=O) groups is 3. The highest BCUT2D eigenvalue weighted by Gasteiger charge is 2.34. The largest absolute Gasteiger partial charge is 0.481 e. The second-order valence-electron chi connectivity index (χ2n) is 4.92. The van der Waals surface area contributed by atoms with Crippen molar-refractivity contribution in [3.05, 3.63) is 0 Å². The Hall–Kier alpha value is -1.59. The quantitative estimate of drug-likeness (QED) is 0.762. The van der Waals surface area contributed by atoms with Crippen LogP contribution in [0, 0.1) is 5.92 Å². The Morgan fingerprint density at radius 3 is 2.50 bits per heavy atom. The third-order valence-electron chi connectivity index (χ3n) is 3.62. The second kappa shape index (κ2) is 5.37. The van der Waals surface area contributed by atoms with Crippen molar-refractivity contribution < 1.29 is 19.5 Å². The predicted molar refractivity (Wildman–Crippen MR) is 62.8 cm³/mol. The lowest BCUT2D eigenvalue weighted by Crippen LogP contribution is -2.33. The van der Waals surface area contributed by atoms with E-state index in [0.29, 0.717) is 13.0 Å². The molecule has 6 heteroatoms. The molecule has 2 rings (SSSR count). The summed E-state index contributed by atoms with van der Waals surface area (Å²) in [5.74, 6) is -1.63. The maximum atomic E-state index is 11.8. The SMILES string of the molecule is O=C(O)[C@@H]1CC(=O)N(CCC(=O)N2CCCC2)C1. The van der Waals surface area contributed by atoms with Crippen LogP contribution in [0.1, 0.15) is 25.7 Å². The minimum absolute atomic E-state index is 0.0627. The summed E-state index contributed by atoms with van der Waals surface area (Å²) in [4.78, 5) is 37.4. The first-order valence-corrected chi connectivity index (χ1v) is 6.36. The van der Waals surface area contributed by atoms with Gasteiger partial charge in [-0.1, -0.05) is 0 Å². The van der Waals surface area contributed by atoms with Gasteiger partial charge in [0.25, 0.3) is 0 Å². The van der Waals surface area contributed by atoms with Crippen LogP contribution in [0.2, 0.25) is 0 Å². The molecule has 2 aliphatic rings. The summed E-state index contributed by atoms with van der Waals surface area (Å²) in [6.07, 6.45) is 2.47. The molecule has 0 aromatic heterocycles. The number of rotatable bonds is 4. The van der Waals surface area contributed by atoms with Gasteiger partial charge in [0.1, 0.15) is 0 Å². The molecule has 0 bridgehead atoms. The van der Waals surface area contributed by atoms with E-state index in [-0.39, 0.29) is 24.8 Å². The monoisotopic (exact) mass is 254 g/mol. The zero-order valence-corrected chi connectivity index (χ0v) is 10.3. The van der Waals surface area contributed by atoms with Crippen LogP contribution < -0.4 is 0 Å². The molecule has 0 unspecified atom stereocenters. The molecule has 18 heavy (non-hydrogen) atoms. The highest BCUT2D eigenvalue weighted by atomic mass is 16.4. The van der Waals surface area contributed by atoms with Crippen LogP contribution >= 0.6 is 0 Å². The molecule has 2 aliphatic heterocycles. The predicted octanol–water partition coefficient (Wildman–Crippen LogP) is -0.0680. The van der Waals surface area contributed by atoms with Gasteiger partial charge >= 0.3 is 5.97 Å². The zero-order valence-electron chi connectivity index (χ0n) is 10.3. The molecule has 0 radical (unpaired) electrons. The molecule has 100 valence electrons. The van der Waals surface area contributed by atoms with E-state index < -0.39 is 11.9 Å². The summed E-state index contributed by atoms with van der Waals surface area (Å²) in [5, 5.41) is 8.84. The van der Waals surface area contributed by atoms with Crippen LogP contribution in [0.25, 0.3) is 0 Å². The standard InChI is InChI=1S/C12H18N2O4/c15-10(13-4-1-2-5-13)3-6-14-8-9(12(17)18)7-11(14)16/h9H,1-8H2,(H,17,18)/t9-/m1/s1. The van der Waals surface area contributed by atoms with Crippen LogP contribution in [-0.2, 0) is 14.4 Å². The molecular formula is C12H18N2O4. The average Bonchev–Trinajstić information content (AvgIpc) is 2.95. The van der Waals surface area contributed by atoms with Crippen LogP contribution in [0.5, 0.6) is 0 Å². The smallest absolute Gasteiger partial charge is 0.308 e. The second-order valence-corrected chi connectivity index (χ2v) is 4.92. The molecule has 2 amide bonds. The van der Waals surface area contributed by atoms with Gasteiger partial charge in [0, 0.05) is 39.0 Å². The maximum absolute atomic E-state index is 11.8. The Morgan fingerprint density at radius 2 is 1.94 bits per heavy atom. The fourth-order valence-electron chi connectivity index (χ4n) is 2.51. The fourth-order valence-corrected chi connectivity index (χ4v) is 2.51. The first-order valence-electron chi connectivity index (χ1n) is 6.36. The van der Waals surface area contributed by atoms with E-state index in [1.807, 2.05) is 4.90 Å². The molecule has 1 atom stereocenters. The van der Waals surface area contributed by atoms with Crippen molar-refractivity contribution in [1.29, 1.82) is 0 Å². The van der Waals surface area contributed by atoms with Gasteiger partial charge in [0.05, 0.1) is 5.92 Å². The minimum atomic E-state index is -0.934. The first-order chi connectivity index (χ1) is 8.58. The normalized spacial score (nSPS) is 23.8. The Balaban J connectivity index is 1.78. The summed E-state index contributed by atoms with van der Waals surface area (Å²) in [6.45, 7) is 2.20. The molecule has 2 saturated heterocycles. The van der Waals surface area contributed by atoms with E-state index in [1.165, 1.54) is 4.90 Å². The van der Waals surface area contributed by atoms with E-state index >= 15 is 0 Å². The fraction of sp³-hybridized carbons (Fsp3) is 0.750. The van der Waals surface area contributed by atoms with E-state index in [9.17, 15) is 14.4 Å². The van der Waals surface area contributed by atoms with Crippen molar-refractivity contribution in [2.24, 2.45) is 5.92 Å². The molecule has 0 aliphatic carbocycles. The number of carboxylic acid groups (broad SMARTS) is 1. The number of amides is 2. The summed E-state index contributed by atoms with van der Waals surface area (Å²) < 4.78 is 0. The highest BCUT2D eigenvalue weighted by molar-refractivity contribution is 5.86. The van der Waals surface area contributed by atoms with Gasteiger partial charge in [-0.3, -0.25) is 14.4 Å². The summed E-state index contributed by atoms with van der Waals surface area (Å²) in [6, 6.07) is 0. The van der Waals surface area contributed by atoms with Gasteiger partial charge in [-0.15, -0.1) is 0 Å². The average molecular weight is 254 g/mol. The Bertz CT molecular complexity index is 363. The number of carboxylic acids is 1. The summed E-state index contributed by atoms with van der Waals surface area (Å²) in [7, 11) is 0. The number of hydrogen-bond acceptors (Lipinski definition) is 3. The lowest BCUT2D eigenvalue weighted by molar-refractivity contribution is -0.141. The highest BCUT2D eigenvalue weighted by Crippen LogP contribution is 2.18. The molecule has 6 nitrogen and oxygen atoms in total. The number of nitrogens with zero attached hydrogens (tertiary/aromatic N) is 2. The molecule has 2 fully saturated rings. The van der Waals surface area contributed by atoms with Crippen LogP contribution in [0.15, 0.2) is 0 Å². The first kappa shape index (κ1) is 12.9. The lowest BCUT2D eigenvalue weighted by Gasteiger charge is -2.19. The van der Waals surface area contributed by atoms with Crippen LogP contribution in [0.3, 0.4) is 0 Å². The minimum Gasteiger partial charge on any atom is -0.481 e. The van der Waals surface area contributed by atoms with Crippen molar-refractivity contribution in [3.63, 3.8) is 0 Å². The third kappa shape index (κ3) is 2.80. The van der Waals surface area contributed by atoms with E-state index in [0.717, 1.165) is 25.9 Å². The molecule has 0 aromatic carbocycles. The van der Waals surface area contributed by atoms with Crippen LogP contribution in [-0.4, -0.2) is 58.9 Å². The molecule has 2 heterocycles. The summed E-state index contributed by atoms with van der Waals surface area (Å²) >= 11 is 0. The zero-order chi connectivity index (χ0) is 13.1. The number of hydrogen-bond donors (Lipinski definition) is 1. The molecule has 1 N–H and O–H groups in total. The number of aliphatic carboxylic acids is 1. The van der Waals surface area contributed by atoms with E-state index in [4.69, 9.17) is 5.11 Å². The maximum Gasteiger partial charge on any atom is 0.308 e.